The zero-order valence-electron chi connectivity index (χ0n) is 19.0. The molecule has 0 spiro atoms. The highest BCUT2D eigenvalue weighted by Gasteiger charge is 2.49. The number of rotatable bonds is 6. The molecule has 5 rings (SSSR count). The SMILES string of the molecule is CCOc1ccc2nc(N3C(=O)C(=O)/C(=C(/O)c4cc(Cl)cc(Cl)c4OC)C3c3cccs3)sc2c1. The molecule has 3 heterocycles. The molecule has 1 N–H and O–H groups in total. The number of amides is 1. The third-order valence-electron chi connectivity index (χ3n) is 5.59. The number of ether oxygens (including phenoxy) is 2. The van der Waals surface area contributed by atoms with Gasteiger partial charge in [-0.15, -0.1) is 11.3 Å². The second-order valence-electron chi connectivity index (χ2n) is 7.71. The van der Waals surface area contributed by atoms with Crippen molar-refractivity contribution < 1.29 is 24.2 Å². The second-order valence-corrected chi connectivity index (χ2v) is 10.5. The van der Waals surface area contributed by atoms with Crippen LogP contribution in [0, 0.1) is 0 Å². The minimum Gasteiger partial charge on any atom is -0.507 e. The van der Waals surface area contributed by atoms with E-state index in [2.05, 4.69) is 4.98 Å². The molecule has 1 atom stereocenters. The van der Waals surface area contributed by atoms with Crippen molar-refractivity contribution in [2.45, 2.75) is 13.0 Å². The number of hydrogen-bond acceptors (Lipinski definition) is 8. The van der Waals surface area contributed by atoms with Crippen LogP contribution in [0.2, 0.25) is 10.0 Å². The lowest BCUT2D eigenvalue weighted by atomic mass is 9.99. The minimum atomic E-state index is -0.903. The number of anilines is 1. The predicted molar refractivity (Wildman–Crippen MR) is 143 cm³/mol. The van der Waals surface area contributed by atoms with E-state index in [1.807, 2.05) is 24.4 Å². The number of aliphatic hydroxyl groups excluding tert-OH is 1. The highest BCUT2D eigenvalue weighted by Crippen LogP contribution is 2.47. The fourth-order valence-corrected chi connectivity index (χ4v) is 6.50. The van der Waals surface area contributed by atoms with E-state index >= 15 is 0 Å². The number of carbonyl (C=O) groups is 2. The molecule has 36 heavy (non-hydrogen) atoms. The van der Waals surface area contributed by atoms with E-state index < -0.39 is 23.5 Å². The van der Waals surface area contributed by atoms with E-state index in [0.29, 0.717) is 27.9 Å². The van der Waals surface area contributed by atoms with Crippen molar-refractivity contribution in [3.05, 3.63) is 73.9 Å². The Hall–Kier alpha value is -3.11. The molecule has 4 aromatic rings. The zero-order chi connectivity index (χ0) is 25.6. The lowest BCUT2D eigenvalue weighted by Gasteiger charge is -2.21. The number of thiazole rings is 1. The first kappa shape index (κ1) is 24.6. The van der Waals surface area contributed by atoms with Gasteiger partial charge in [-0.1, -0.05) is 40.6 Å². The van der Waals surface area contributed by atoms with Gasteiger partial charge in [0.2, 0.25) is 0 Å². The maximum absolute atomic E-state index is 13.4. The zero-order valence-corrected chi connectivity index (χ0v) is 22.1. The van der Waals surface area contributed by atoms with E-state index in [0.717, 1.165) is 4.70 Å². The number of thiophene rings is 1. The van der Waals surface area contributed by atoms with Crippen molar-refractivity contribution in [3.8, 4) is 11.5 Å². The summed E-state index contributed by atoms with van der Waals surface area (Å²) in [5.74, 6) is -1.26. The van der Waals surface area contributed by atoms with Crippen molar-refractivity contribution in [3.63, 3.8) is 0 Å². The molecule has 7 nitrogen and oxygen atoms in total. The van der Waals surface area contributed by atoms with Crippen LogP contribution < -0.4 is 14.4 Å². The van der Waals surface area contributed by atoms with Gasteiger partial charge in [-0.3, -0.25) is 14.5 Å². The molecule has 0 bridgehead atoms. The lowest BCUT2D eigenvalue weighted by Crippen LogP contribution is -2.28. The summed E-state index contributed by atoms with van der Waals surface area (Å²) in [6.07, 6.45) is 0. The quantitative estimate of drug-likeness (QED) is 0.160. The molecule has 0 saturated carbocycles. The summed E-state index contributed by atoms with van der Waals surface area (Å²) in [6, 6.07) is 11.0. The number of aliphatic hydroxyl groups is 1. The molecule has 0 aliphatic carbocycles. The summed E-state index contributed by atoms with van der Waals surface area (Å²) in [7, 11) is 1.39. The summed E-state index contributed by atoms with van der Waals surface area (Å²) in [5.41, 5.74) is 0.669. The minimum absolute atomic E-state index is 0.103. The lowest BCUT2D eigenvalue weighted by molar-refractivity contribution is -0.132. The molecule has 1 aliphatic rings. The molecule has 1 aliphatic heterocycles. The summed E-state index contributed by atoms with van der Waals surface area (Å²) >= 11 is 15.1. The van der Waals surface area contributed by atoms with Gasteiger partial charge in [-0.2, -0.15) is 0 Å². The fourth-order valence-electron chi connectivity index (χ4n) is 4.09. The number of fused-ring (bicyclic) bond motifs is 1. The molecule has 0 radical (unpaired) electrons. The van der Waals surface area contributed by atoms with Crippen LogP contribution in [0.1, 0.15) is 23.4 Å². The van der Waals surface area contributed by atoms with Crippen LogP contribution in [-0.4, -0.2) is 35.5 Å². The number of hydrogen-bond donors (Lipinski definition) is 1. The van der Waals surface area contributed by atoms with Crippen molar-refractivity contribution in [1.29, 1.82) is 0 Å². The number of ketones is 1. The summed E-state index contributed by atoms with van der Waals surface area (Å²) < 4.78 is 11.7. The first-order valence-corrected chi connectivity index (χ1v) is 13.2. The van der Waals surface area contributed by atoms with Crippen LogP contribution in [0.3, 0.4) is 0 Å². The topological polar surface area (TPSA) is 89.0 Å². The normalized spacial score (nSPS) is 17.2. The third kappa shape index (κ3) is 4.12. The monoisotopic (exact) mass is 560 g/mol. The van der Waals surface area contributed by atoms with E-state index in [1.165, 1.54) is 46.8 Å². The van der Waals surface area contributed by atoms with Crippen LogP contribution in [0.5, 0.6) is 11.5 Å². The van der Waals surface area contributed by atoms with Gasteiger partial charge in [0, 0.05) is 9.90 Å². The first-order chi connectivity index (χ1) is 17.3. The number of methoxy groups -OCH3 is 1. The van der Waals surface area contributed by atoms with Gasteiger partial charge in [0.05, 0.1) is 40.1 Å². The van der Waals surface area contributed by atoms with E-state index in [-0.39, 0.29) is 26.9 Å². The molecule has 11 heteroatoms. The van der Waals surface area contributed by atoms with Crippen LogP contribution >= 0.6 is 45.9 Å². The smallest absolute Gasteiger partial charge is 0.301 e. The number of nitrogens with zero attached hydrogens (tertiary/aromatic N) is 2. The Morgan fingerprint density at radius 1 is 1.19 bits per heavy atom. The van der Waals surface area contributed by atoms with Gasteiger partial charge in [0.25, 0.3) is 5.78 Å². The van der Waals surface area contributed by atoms with Crippen LogP contribution in [0.15, 0.2) is 53.4 Å². The van der Waals surface area contributed by atoms with Gasteiger partial charge in [-0.05, 0) is 48.7 Å². The van der Waals surface area contributed by atoms with Gasteiger partial charge >= 0.3 is 5.91 Å². The van der Waals surface area contributed by atoms with Crippen molar-refractivity contribution in [2.24, 2.45) is 0 Å². The number of benzene rings is 2. The molecule has 1 fully saturated rings. The summed E-state index contributed by atoms with van der Waals surface area (Å²) in [6.45, 7) is 2.41. The average molecular weight is 561 g/mol. The third-order valence-corrected chi connectivity index (χ3v) is 8.03. The summed E-state index contributed by atoms with van der Waals surface area (Å²) in [4.78, 5) is 33.4. The number of aromatic nitrogens is 1. The van der Waals surface area contributed by atoms with Gasteiger partial charge in [-0.25, -0.2) is 4.98 Å². The highest BCUT2D eigenvalue weighted by atomic mass is 35.5. The predicted octanol–water partition coefficient (Wildman–Crippen LogP) is 6.70. The van der Waals surface area contributed by atoms with E-state index in [1.54, 1.807) is 18.2 Å². The van der Waals surface area contributed by atoms with Crippen LogP contribution in [0.25, 0.3) is 16.0 Å². The van der Waals surface area contributed by atoms with Crippen LogP contribution in [0.4, 0.5) is 5.13 Å². The number of halogens is 2. The molecular weight excluding hydrogens is 543 g/mol. The Balaban J connectivity index is 1.71. The molecule has 1 unspecified atom stereocenters. The maximum Gasteiger partial charge on any atom is 0.301 e. The van der Waals surface area contributed by atoms with Crippen LogP contribution in [-0.2, 0) is 9.59 Å². The van der Waals surface area contributed by atoms with Crippen molar-refractivity contribution in [2.75, 3.05) is 18.6 Å². The Kier molecular flexibility index (Phi) is 6.65. The maximum atomic E-state index is 13.4. The molecular formula is C25H18Cl2N2O5S2. The molecule has 2 aromatic carbocycles. The average Bonchev–Trinajstić information content (AvgIpc) is 3.57. The Morgan fingerprint density at radius 3 is 2.69 bits per heavy atom. The van der Waals surface area contributed by atoms with Crippen molar-refractivity contribution in [1.82, 2.24) is 4.98 Å². The number of carbonyl (C=O) groups excluding carboxylic acids is 2. The Bertz CT molecular complexity index is 1530. The van der Waals surface area contributed by atoms with Crippen molar-refractivity contribution >= 4 is 78.7 Å². The van der Waals surface area contributed by atoms with Gasteiger partial charge < -0.3 is 14.6 Å². The Labute approximate surface area is 224 Å². The van der Waals surface area contributed by atoms with Gasteiger partial charge in [0.1, 0.15) is 23.3 Å². The van der Waals surface area contributed by atoms with E-state index in [4.69, 9.17) is 32.7 Å². The summed E-state index contributed by atoms with van der Waals surface area (Å²) in [5, 5.41) is 13.9. The molecule has 1 saturated heterocycles. The molecule has 184 valence electrons. The van der Waals surface area contributed by atoms with E-state index in [9.17, 15) is 14.7 Å². The largest absolute Gasteiger partial charge is 0.507 e. The molecule has 2 aromatic heterocycles. The second kappa shape index (κ2) is 9.74. The first-order valence-electron chi connectivity index (χ1n) is 10.7. The number of Topliss-reactive ketones (excluding diaryl/α,β-unsaturated/α-hetero) is 1. The highest BCUT2D eigenvalue weighted by molar-refractivity contribution is 7.22. The standard InChI is InChI=1S/C25H18Cl2N2O5S2/c1-3-34-13-6-7-16-18(11-13)36-25(28-16)29-20(17-5-4-8-35-17)19(22(31)24(29)32)21(30)14-9-12(26)10-15(27)23(14)33-2/h4-11,20,30H,3H2,1-2H3/b21-19+. The van der Waals surface area contributed by atoms with Gasteiger partial charge in [0.15, 0.2) is 5.13 Å². The Morgan fingerprint density at radius 2 is 2.00 bits per heavy atom. The fraction of sp³-hybridized carbons (Fsp3) is 0.160. The molecule has 1 amide bonds.